The number of fused-ring (bicyclic) bond motifs is 1. The number of hydrogen-bond donors (Lipinski definition) is 2. The zero-order chi connectivity index (χ0) is 22.0. The molecule has 31 heavy (non-hydrogen) atoms. The number of nitrogens with one attached hydrogen (secondary N) is 1. The summed E-state index contributed by atoms with van der Waals surface area (Å²) in [5, 5.41) is 14.4. The molecule has 0 saturated heterocycles. The minimum atomic E-state index is -1.07. The van der Waals surface area contributed by atoms with Gasteiger partial charge in [0.05, 0.1) is 23.2 Å². The molecule has 1 aromatic carbocycles. The molecule has 8 nitrogen and oxygen atoms in total. The number of aromatic nitrogens is 3. The van der Waals surface area contributed by atoms with Crippen molar-refractivity contribution in [3.63, 3.8) is 0 Å². The lowest BCUT2D eigenvalue weighted by molar-refractivity contribution is 0.0696. The summed E-state index contributed by atoms with van der Waals surface area (Å²) in [7, 11) is 0. The molecule has 4 aromatic rings. The average Bonchev–Trinajstić information content (AvgIpc) is 3.10. The summed E-state index contributed by atoms with van der Waals surface area (Å²) in [6.07, 6.45) is 3.09. The molecule has 2 N–H and O–H groups in total. The smallest absolute Gasteiger partial charge is 0.337 e. The van der Waals surface area contributed by atoms with Crippen LogP contribution in [0.2, 0.25) is 0 Å². The highest BCUT2D eigenvalue weighted by atomic mass is 16.4. The molecule has 154 valence electrons. The van der Waals surface area contributed by atoms with E-state index >= 15 is 0 Å². The van der Waals surface area contributed by atoms with E-state index in [1.54, 1.807) is 22.9 Å². The molecule has 0 spiro atoms. The number of aryl methyl sites for hydroxylation is 2. The topological polar surface area (TPSA) is 109 Å². The van der Waals surface area contributed by atoms with Crippen LogP contribution in [0.4, 0.5) is 0 Å². The maximum atomic E-state index is 12.6. The third-order valence-corrected chi connectivity index (χ3v) is 4.85. The fourth-order valence-electron chi connectivity index (χ4n) is 3.35. The number of carbonyl (C=O) groups excluding carboxylic acids is 1. The van der Waals surface area contributed by atoms with E-state index in [9.17, 15) is 14.7 Å². The van der Waals surface area contributed by atoms with Crippen LogP contribution in [0.3, 0.4) is 0 Å². The third kappa shape index (κ3) is 4.04. The van der Waals surface area contributed by atoms with Gasteiger partial charge in [-0.2, -0.15) is 5.10 Å². The summed E-state index contributed by atoms with van der Waals surface area (Å²) in [6, 6.07) is 15.6. The van der Waals surface area contributed by atoms with E-state index in [1.807, 2.05) is 44.2 Å². The molecular weight excluding hydrogens is 394 g/mol. The van der Waals surface area contributed by atoms with Gasteiger partial charge in [0.25, 0.3) is 5.91 Å². The molecule has 0 fully saturated rings. The number of hydrogen-bond acceptors (Lipinski definition) is 5. The second-order valence-corrected chi connectivity index (χ2v) is 6.97. The Labute approximate surface area is 177 Å². The number of rotatable bonds is 5. The molecule has 3 heterocycles. The fraction of sp³-hybridized carbons (Fsp3) is 0.0870. The van der Waals surface area contributed by atoms with Gasteiger partial charge in [-0.05, 0) is 68.4 Å². The summed E-state index contributed by atoms with van der Waals surface area (Å²) in [4.78, 5) is 32.9. The average molecular weight is 413 g/mol. The monoisotopic (exact) mass is 413 g/mol. The maximum Gasteiger partial charge on any atom is 0.337 e. The molecular formula is C23H19N5O3. The minimum Gasteiger partial charge on any atom is -0.478 e. The van der Waals surface area contributed by atoms with E-state index in [1.165, 1.54) is 18.3 Å². The fourth-order valence-corrected chi connectivity index (χ4v) is 3.35. The molecule has 1 amide bonds. The normalized spacial score (nSPS) is 11.2. The Balaban J connectivity index is 1.59. The van der Waals surface area contributed by atoms with Gasteiger partial charge >= 0.3 is 5.97 Å². The highest BCUT2D eigenvalue weighted by molar-refractivity contribution is 5.98. The molecule has 8 heteroatoms. The van der Waals surface area contributed by atoms with Crippen LogP contribution in [0.15, 0.2) is 65.9 Å². The molecule has 0 saturated carbocycles. The molecule has 0 radical (unpaired) electrons. The lowest BCUT2D eigenvalue weighted by Crippen LogP contribution is -2.19. The molecule has 4 rings (SSSR count). The first-order valence-corrected chi connectivity index (χ1v) is 9.52. The molecule has 0 atom stereocenters. The van der Waals surface area contributed by atoms with E-state index in [0.717, 1.165) is 16.8 Å². The van der Waals surface area contributed by atoms with Crippen molar-refractivity contribution in [2.75, 3.05) is 0 Å². The van der Waals surface area contributed by atoms with Gasteiger partial charge in [0, 0.05) is 28.5 Å². The first-order valence-electron chi connectivity index (χ1n) is 9.52. The lowest BCUT2D eigenvalue weighted by atomic mass is 10.1. The summed E-state index contributed by atoms with van der Waals surface area (Å²) in [5.74, 6) is -1.53. The Morgan fingerprint density at radius 2 is 1.84 bits per heavy atom. The summed E-state index contributed by atoms with van der Waals surface area (Å²) >= 11 is 0. The summed E-state index contributed by atoms with van der Waals surface area (Å²) < 4.78 is 1.80. The molecule has 0 aliphatic rings. The number of benzene rings is 1. The van der Waals surface area contributed by atoms with E-state index < -0.39 is 11.9 Å². The highest BCUT2D eigenvalue weighted by Crippen LogP contribution is 2.22. The van der Waals surface area contributed by atoms with E-state index in [2.05, 4.69) is 20.5 Å². The Kier molecular flexibility index (Phi) is 5.28. The highest BCUT2D eigenvalue weighted by Gasteiger charge is 2.17. The van der Waals surface area contributed by atoms with Gasteiger partial charge in [0.15, 0.2) is 5.65 Å². The number of carbonyl (C=O) groups is 2. The Morgan fingerprint density at radius 1 is 1.06 bits per heavy atom. The van der Waals surface area contributed by atoms with Crippen molar-refractivity contribution in [2.45, 2.75) is 13.8 Å². The van der Waals surface area contributed by atoms with Crippen molar-refractivity contribution < 1.29 is 14.7 Å². The van der Waals surface area contributed by atoms with Crippen molar-refractivity contribution in [1.29, 1.82) is 0 Å². The summed E-state index contributed by atoms with van der Waals surface area (Å²) in [6.45, 7) is 3.75. The number of carboxylic acids is 1. The van der Waals surface area contributed by atoms with Gasteiger partial charge in [0.2, 0.25) is 0 Å². The van der Waals surface area contributed by atoms with Gasteiger partial charge in [0.1, 0.15) is 0 Å². The quantitative estimate of drug-likeness (QED) is 0.384. The van der Waals surface area contributed by atoms with Gasteiger partial charge in [-0.3, -0.25) is 4.79 Å². The largest absolute Gasteiger partial charge is 0.478 e. The van der Waals surface area contributed by atoms with Gasteiger partial charge in [-0.25, -0.2) is 20.2 Å². The van der Waals surface area contributed by atoms with Crippen molar-refractivity contribution in [1.82, 2.24) is 20.0 Å². The van der Waals surface area contributed by atoms with Crippen molar-refractivity contribution in [3.05, 3.63) is 89.0 Å². The minimum absolute atomic E-state index is 0.107. The van der Waals surface area contributed by atoms with Crippen LogP contribution in [0.25, 0.3) is 16.7 Å². The molecule has 0 aliphatic carbocycles. The molecule has 0 unspecified atom stereocenters. The molecule has 0 aliphatic heterocycles. The number of amides is 1. The van der Waals surface area contributed by atoms with Crippen LogP contribution in [0, 0.1) is 13.8 Å². The maximum absolute atomic E-state index is 12.6. The predicted molar refractivity (Wildman–Crippen MR) is 117 cm³/mol. The zero-order valence-corrected chi connectivity index (χ0v) is 16.9. The second kappa shape index (κ2) is 8.19. The molecule has 3 aromatic heterocycles. The van der Waals surface area contributed by atoms with Gasteiger partial charge in [-0.1, -0.05) is 0 Å². The number of aromatic carboxylic acids is 1. The van der Waals surface area contributed by atoms with Crippen molar-refractivity contribution >= 4 is 29.1 Å². The predicted octanol–water partition coefficient (Wildman–Crippen LogP) is 3.50. The van der Waals surface area contributed by atoms with E-state index in [-0.39, 0.29) is 11.1 Å². The first-order chi connectivity index (χ1) is 14.9. The standard InChI is InChI=1S/C23H19N5O3/c1-14-5-6-15(2)28(14)20-12-17(8-10-19(20)23(30)31)22(29)27-25-13-18-9-7-16-4-3-11-24-21(16)26-18/h3-13H,1-2H3,(H,27,29)(H,30,31). The number of pyridine rings is 2. The van der Waals surface area contributed by atoms with Crippen molar-refractivity contribution in [3.8, 4) is 5.69 Å². The van der Waals surface area contributed by atoms with Gasteiger partial charge in [-0.15, -0.1) is 0 Å². The van der Waals surface area contributed by atoms with E-state index in [4.69, 9.17) is 0 Å². The molecule has 0 bridgehead atoms. The Hall–Kier alpha value is -4.33. The Morgan fingerprint density at radius 3 is 2.58 bits per heavy atom. The third-order valence-electron chi connectivity index (χ3n) is 4.85. The Bertz CT molecular complexity index is 1320. The number of nitrogens with zero attached hydrogens (tertiary/aromatic N) is 4. The first kappa shape index (κ1) is 20.0. The van der Waals surface area contributed by atoms with Crippen LogP contribution < -0.4 is 5.43 Å². The SMILES string of the molecule is Cc1ccc(C)n1-c1cc(C(=O)NN=Cc2ccc3cccnc3n2)ccc1C(=O)O. The van der Waals surface area contributed by atoms with Crippen LogP contribution in [0.5, 0.6) is 0 Å². The number of carboxylic acid groups (broad SMARTS) is 1. The van der Waals surface area contributed by atoms with E-state index in [0.29, 0.717) is 17.0 Å². The number of hydrazone groups is 1. The van der Waals surface area contributed by atoms with Crippen LogP contribution >= 0.6 is 0 Å². The van der Waals surface area contributed by atoms with Crippen LogP contribution in [-0.2, 0) is 0 Å². The second-order valence-electron chi connectivity index (χ2n) is 6.97. The summed E-state index contributed by atoms with van der Waals surface area (Å²) in [5.41, 5.74) is 6.15. The lowest BCUT2D eigenvalue weighted by Gasteiger charge is -2.14. The van der Waals surface area contributed by atoms with Crippen LogP contribution in [-0.4, -0.2) is 37.7 Å². The zero-order valence-electron chi connectivity index (χ0n) is 16.9. The van der Waals surface area contributed by atoms with Crippen molar-refractivity contribution in [2.24, 2.45) is 5.10 Å². The van der Waals surface area contributed by atoms with Gasteiger partial charge < -0.3 is 9.67 Å². The van der Waals surface area contributed by atoms with Crippen LogP contribution in [0.1, 0.15) is 37.8 Å².